The molecule has 0 unspecified atom stereocenters. The number of nitrogens with zero attached hydrogens (tertiary/aromatic N) is 3. The zero-order valence-electron chi connectivity index (χ0n) is 10.8. The number of aromatic nitrogens is 2. The van der Waals surface area contributed by atoms with E-state index >= 15 is 0 Å². The van der Waals surface area contributed by atoms with E-state index in [9.17, 15) is 0 Å². The van der Waals surface area contributed by atoms with Crippen molar-refractivity contribution >= 4 is 17.3 Å². The number of anilines is 1. The number of rotatable bonds is 6. The van der Waals surface area contributed by atoms with E-state index in [1.807, 2.05) is 19.4 Å². The molecule has 0 saturated heterocycles. The lowest BCUT2D eigenvalue weighted by molar-refractivity contribution is 0.719. The fourth-order valence-electron chi connectivity index (χ4n) is 1.63. The SMILES string of the molecule is CCNCc1cnc(N(C)Cc2ccsc2)nc1. The molecule has 0 aromatic carbocycles. The quantitative estimate of drug-likeness (QED) is 0.867. The molecule has 2 heterocycles. The highest BCUT2D eigenvalue weighted by atomic mass is 32.1. The Kier molecular flexibility index (Phi) is 4.66. The first-order valence-electron chi connectivity index (χ1n) is 6.03. The smallest absolute Gasteiger partial charge is 0.225 e. The minimum absolute atomic E-state index is 0.765. The van der Waals surface area contributed by atoms with Crippen LogP contribution in [0.3, 0.4) is 0 Å². The third kappa shape index (κ3) is 3.51. The Labute approximate surface area is 112 Å². The zero-order valence-corrected chi connectivity index (χ0v) is 11.6. The third-order valence-corrected chi connectivity index (χ3v) is 3.34. The van der Waals surface area contributed by atoms with Crippen molar-refractivity contribution in [1.82, 2.24) is 15.3 Å². The molecule has 18 heavy (non-hydrogen) atoms. The molecule has 0 bridgehead atoms. The highest BCUT2D eigenvalue weighted by Crippen LogP contribution is 2.12. The van der Waals surface area contributed by atoms with E-state index in [0.29, 0.717) is 0 Å². The first-order chi connectivity index (χ1) is 8.79. The summed E-state index contributed by atoms with van der Waals surface area (Å²) >= 11 is 1.71. The van der Waals surface area contributed by atoms with Gasteiger partial charge in [0.15, 0.2) is 0 Å². The van der Waals surface area contributed by atoms with Crippen LogP contribution in [0.2, 0.25) is 0 Å². The predicted molar refractivity (Wildman–Crippen MR) is 75.8 cm³/mol. The molecule has 0 radical (unpaired) electrons. The molecule has 0 fully saturated rings. The van der Waals surface area contributed by atoms with E-state index in [2.05, 4.69) is 43.9 Å². The summed E-state index contributed by atoms with van der Waals surface area (Å²) in [6.07, 6.45) is 3.77. The van der Waals surface area contributed by atoms with Crippen LogP contribution in [0.5, 0.6) is 0 Å². The van der Waals surface area contributed by atoms with Gasteiger partial charge in [-0.15, -0.1) is 0 Å². The van der Waals surface area contributed by atoms with Gasteiger partial charge in [-0.3, -0.25) is 0 Å². The van der Waals surface area contributed by atoms with Gasteiger partial charge in [0.25, 0.3) is 0 Å². The summed E-state index contributed by atoms with van der Waals surface area (Å²) in [5.74, 6) is 0.765. The van der Waals surface area contributed by atoms with E-state index in [1.165, 1.54) is 5.56 Å². The van der Waals surface area contributed by atoms with Crippen molar-refractivity contribution < 1.29 is 0 Å². The van der Waals surface area contributed by atoms with Crippen LogP contribution < -0.4 is 10.2 Å². The predicted octanol–water partition coefficient (Wildman–Crippen LogP) is 2.28. The van der Waals surface area contributed by atoms with Crippen molar-refractivity contribution in [2.45, 2.75) is 20.0 Å². The van der Waals surface area contributed by atoms with Crippen molar-refractivity contribution in [3.63, 3.8) is 0 Å². The van der Waals surface area contributed by atoms with Crippen molar-refractivity contribution in [2.75, 3.05) is 18.5 Å². The van der Waals surface area contributed by atoms with Gasteiger partial charge in [0.1, 0.15) is 0 Å². The molecule has 96 valence electrons. The van der Waals surface area contributed by atoms with Crippen LogP contribution in [0.25, 0.3) is 0 Å². The number of thiophene rings is 1. The first-order valence-corrected chi connectivity index (χ1v) is 6.97. The standard InChI is InChI=1S/C13H18N4S/c1-3-14-6-12-7-15-13(16-8-12)17(2)9-11-4-5-18-10-11/h4-5,7-8,10,14H,3,6,9H2,1-2H3. The second kappa shape index (κ2) is 6.47. The largest absolute Gasteiger partial charge is 0.340 e. The van der Waals surface area contributed by atoms with E-state index < -0.39 is 0 Å². The van der Waals surface area contributed by atoms with Gasteiger partial charge in [0, 0.05) is 38.1 Å². The Bertz CT molecular complexity index is 452. The number of hydrogen-bond donors (Lipinski definition) is 1. The topological polar surface area (TPSA) is 41.1 Å². The lowest BCUT2D eigenvalue weighted by Gasteiger charge is -2.16. The summed E-state index contributed by atoms with van der Waals surface area (Å²) in [5, 5.41) is 7.49. The normalized spacial score (nSPS) is 10.6. The van der Waals surface area contributed by atoms with Crippen molar-refractivity contribution in [2.24, 2.45) is 0 Å². The molecular formula is C13H18N4S. The van der Waals surface area contributed by atoms with E-state index in [4.69, 9.17) is 0 Å². The van der Waals surface area contributed by atoms with Gasteiger partial charge in [0.05, 0.1) is 0 Å². The summed E-state index contributed by atoms with van der Waals surface area (Å²) in [6, 6.07) is 2.13. The van der Waals surface area contributed by atoms with Crippen LogP contribution in [-0.4, -0.2) is 23.6 Å². The maximum atomic E-state index is 4.39. The molecule has 0 saturated carbocycles. The molecule has 4 nitrogen and oxygen atoms in total. The van der Waals surface area contributed by atoms with Crippen LogP contribution in [0, 0.1) is 0 Å². The van der Waals surface area contributed by atoms with Gasteiger partial charge < -0.3 is 10.2 Å². The van der Waals surface area contributed by atoms with Crippen molar-refractivity contribution in [1.29, 1.82) is 0 Å². The van der Waals surface area contributed by atoms with Gasteiger partial charge >= 0.3 is 0 Å². The number of hydrogen-bond acceptors (Lipinski definition) is 5. The summed E-state index contributed by atoms with van der Waals surface area (Å²) in [4.78, 5) is 10.8. The molecule has 0 amide bonds. The molecule has 2 aromatic heterocycles. The maximum absolute atomic E-state index is 4.39. The molecule has 5 heteroatoms. The van der Waals surface area contributed by atoms with Crippen molar-refractivity contribution in [3.8, 4) is 0 Å². The fourth-order valence-corrected chi connectivity index (χ4v) is 2.29. The minimum atomic E-state index is 0.765. The molecule has 0 atom stereocenters. The minimum Gasteiger partial charge on any atom is -0.340 e. The summed E-state index contributed by atoms with van der Waals surface area (Å²) in [5.41, 5.74) is 2.41. The Morgan fingerprint density at radius 1 is 1.28 bits per heavy atom. The van der Waals surface area contributed by atoms with Crippen molar-refractivity contribution in [3.05, 3.63) is 40.3 Å². The lowest BCUT2D eigenvalue weighted by Crippen LogP contribution is -2.19. The van der Waals surface area contributed by atoms with Gasteiger partial charge in [0.2, 0.25) is 5.95 Å². The summed E-state index contributed by atoms with van der Waals surface area (Å²) in [6.45, 7) is 4.71. The fraction of sp³-hybridized carbons (Fsp3) is 0.385. The average molecular weight is 262 g/mol. The van der Waals surface area contributed by atoms with Gasteiger partial charge in [-0.05, 0) is 28.9 Å². The Morgan fingerprint density at radius 3 is 2.67 bits per heavy atom. The summed E-state index contributed by atoms with van der Waals surface area (Å²) in [7, 11) is 2.01. The second-order valence-electron chi connectivity index (χ2n) is 4.16. The third-order valence-electron chi connectivity index (χ3n) is 2.61. The molecule has 0 aliphatic rings. The molecule has 0 aliphatic heterocycles. The highest BCUT2D eigenvalue weighted by molar-refractivity contribution is 7.07. The van der Waals surface area contributed by atoms with Crippen LogP contribution in [0.15, 0.2) is 29.2 Å². The first kappa shape index (κ1) is 13.0. The molecule has 1 N–H and O–H groups in total. The molecule has 2 aromatic rings. The van der Waals surface area contributed by atoms with E-state index in [1.54, 1.807) is 11.3 Å². The summed E-state index contributed by atoms with van der Waals surface area (Å²) < 4.78 is 0. The maximum Gasteiger partial charge on any atom is 0.225 e. The van der Waals surface area contributed by atoms with Crippen LogP contribution in [0.4, 0.5) is 5.95 Å². The number of nitrogens with one attached hydrogen (secondary N) is 1. The molecule has 0 aliphatic carbocycles. The van der Waals surface area contributed by atoms with Gasteiger partial charge in [-0.1, -0.05) is 6.92 Å². The molecular weight excluding hydrogens is 244 g/mol. The average Bonchev–Trinajstić information content (AvgIpc) is 2.89. The molecule has 2 rings (SSSR count). The molecule has 0 spiro atoms. The lowest BCUT2D eigenvalue weighted by atomic mass is 10.3. The Morgan fingerprint density at radius 2 is 2.06 bits per heavy atom. The monoisotopic (exact) mass is 262 g/mol. The zero-order chi connectivity index (χ0) is 12.8. The van der Waals surface area contributed by atoms with Crippen LogP contribution in [0.1, 0.15) is 18.1 Å². The highest BCUT2D eigenvalue weighted by Gasteiger charge is 2.05. The van der Waals surface area contributed by atoms with Gasteiger partial charge in [-0.25, -0.2) is 9.97 Å². The van der Waals surface area contributed by atoms with Crippen LogP contribution >= 0.6 is 11.3 Å². The second-order valence-corrected chi connectivity index (χ2v) is 4.94. The van der Waals surface area contributed by atoms with E-state index in [-0.39, 0.29) is 0 Å². The van der Waals surface area contributed by atoms with Gasteiger partial charge in [-0.2, -0.15) is 11.3 Å². The Hall–Kier alpha value is -1.46. The van der Waals surface area contributed by atoms with Crippen LogP contribution in [-0.2, 0) is 13.1 Å². The van der Waals surface area contributed by atoms with E-state index in [0.717, 1.165) is 31.1 Å². The Balaban J connectivity index is 1.96.